The SMILES string of the molecule is CC1(C)c2ccccc2-c2c(N(c3ccc(-c4ccccc4)cc3)c3ccc4c(c3)c3c(-c5ccccc5)ccc5oc6cccc4c6c53)cccc21. The van der Waals surface area contributed by atoms with Gasteiger partial charge in [-0.25, -0.2) is 0 Å². The first-order valence-electron chi connectivity index (χ1n) is 18.4. The molecule has 0 bridgehead atoms. The third-order valence-corrected chi connectivity index (χ3v) is 11.6. The third kappa shape index (κ3) is 4.33. The molecule has 53 heavy (non-hydrogen) atoms. The summed E-state index contributed by atoms with van der Waals surface area (Å²) in [7, 11) is 0. The summed E-state index contributed by atoms with van der Waals surface area (Å²) in [6.07, 6.45) is 0. The minimum Gasteiger partial charge on any atom is -0.456 e. The van der Waals surface area contributed by atoms with Crippen LogP contribution in [0.2, 0.25) is 0 Å². The number of rotatable bonds is 5. The van der Waals surface area contributed by atoms with E-state index in [1.165, 1.54) is 82.5 Å². The summed E-state index contributed by atoms with van der Waals surface area (Å²) in [5, 5.41) is 7.28. The van der Waals surface area contributed by atoms with Crippen molar-refractivity contribution in [3.05, 3.63) is 187 Å². The van der Waals surface area contributed by atoms with Crippen LogP contribution in [0.15, 0.2) is 180 Å². The van der Waals surface area contributed by atoms with Crippen LogP contribution in [0.5, 0.6) is 0 Å². The van der Waals surface area contributed by atoms with Crippen molar-refractivity contribution in [1.82, 2.24) is 0 Å². The van der Waals surface area contributed by atoms with Crippen LogP contribution in [-0.2, 0) is 5.41 Å². The van der Waals surface area contributed by atoms with Crippen molar-refractivity contribution in [3.8, 4) is 33.4 Å². The Labute approximate surface area is 308 Å². The van der Waals surface area contributed by atoms with Crippen LogP contribution < -0.4 is 4.90 Å². The molecule has 0 radical (unpaired) electrons. The average molecular weight is 678 g/mol. The first kappa shape index (κ1) is 30.0. The van der Waals surface area contributed by atoms with E-state index in [1.807, 2.05) is 0 Å². The molecule has 0 amide bonds. The average Bonchev–Trinajstić information content (AvgIpc) is 3.71. The van der Waals surface area contributed by atoms with E-state index in [-0.39, 0.29) is 5.41 Å². The molecule has 0 saturated carbocycles. The molecular formula is C51H35NO. The van der Waals surface area contributed by atoms with Crippen molar-refractivity contribution in [2.75, 3.05) is 4.90 Å². The summed E-state index contributed by atoms with van der Waals surface area (Å²) < 4.78 is 6.53. The van der Waals surface area contributed by atoms with E-state index in [9.17, 15) is 0 Å². The van der Waals surface area contributed by atoms with Gasteiger partial charge in [-0.2, -0.15) is 0 Å². The zero-order valence-electron chi connectivity index (χ0n) is 29.6. The van der Waals surface area contributed by atoms with Gasteiger partial charge < -0.3 is 9.32 Å². The lowest BCUT2D eigenvalue weighted by Gasteiger charge is -2.29. The molecule has 250 valence electrons. The van der Waals surface area contributed by atoms with Crippen molar-refractivity contribution in [3.63, 3.8) is 0 Å². The van der Waals surface area contributed by atoms with E-state index < -0.39 is 0 Å². The lowest BCUT2D eigenvalue weighted by Crippen LogP contribution is -2.16. The molecule has 2 heteroatoms. The Morgan fingerprint density at radius 1 is 0.415 bits per heavy atom. The highest BCUT2D eigenvalue weighted by Gasteiger charge is 2.37. The van der Waals surface area contributed by atoms with Gasteiger partial charge in [0.05, 0.1) is 5.69 Å². The van der Waals surface area contributed by atoms with Gasteiger partial charge in [0.1, 0.15) is 11.2 Å². The van der Waals surface area contributed by atoms with Crippen molar-refractivity contribution in [2.45, 2.75) is 19.3 Å². The Morgan fingerprint density at radius 2 is 1.08 bits per heavy atom. The summed E-state index contributed by atoms with van der Waals surface area (Å²) >= 11 is 0. The number of fused-ring (bicyclic) bond motifs is 6. The van der Waals surface area contributed by atoms with Gasteiger partial charge in [0.15, 0.2) is 0 Å². The van der Waals surface area contributed by atoms with Crippen LogP contribution in [0.25, 0.3) is 76.9 Å². The maximum atomic E-state index is 6.53. The quantitative estimate of drug-likeness (QED) is 0.169. The molecule has 0 unspecified atom stereocenters. The fourth-order valence-electron chi connectivity index (χ4n) is 9.17. The van der Waals surface area contributed by atoms with Crippen LogP contribution >= 0.6 is 0 Å². The monoisotopic (exact) mass is 677 g/mol. The maximum Gasteiger partial charge on any atom is 0.136 e. The fourth-order valence-corrected chi connectivity index (χ4v) is 9.17. The normalized spacial score (nSPS) is 13.2. The van der Waals surface area contributed by atoms with Crippen LogP contribution in [0, 0.1) is 0 Å². The van der Waals surface area contributed by atoms with Crippen LogP contribution in [0.4, 0.5) is 17.1 Å². The van der Waals surface area contributed by atoms with E-state index in [0.717, 1.165) is 22.5 Å². The lowest BCUT2D eigenvalue weighted by molar-refractivity contribution is 0.660. The maximum absolute atomic E-state index is 6.53. The first-order chi connectivity index (χ1) is 26.1. The summed E-state index contributed by atoms with van der Waals surface area (Å²) in [5.41, 5.74) is 15.3. The highest BCUT2D eigenvalue weighted by Crippen LogP contribution is 2.55. The summed E-state index contributed by atoms with van der Waals surface area (Å²) in [4.78, 5) is 2.47. The molecular weight excluding hydrogens is 643 g/mol. The van der Waals surface area contributed by atoms with Gasteiger partial charge in [-0.05, 0) is 97.6 Å². The van der Waals surface area contributed by atoms with Crippen molar-refractivity contribution in [2.24, 2.45) is 0 Å². The molecule has 1 heterocycles. The van der Waals surface area contributed by atoms with Crippen molar-refractivity contribution in [1.29, 1.82) is 0 Å². The van der Waals surface area contributed by atoms with Crippen LogP contribution in [0.3, 0.4) is 0 Å². The van der Waals surface area contributed by atoms with Crippen LogP contribution in [-0.4, -0.2) is 0 Å². The third-order valence-electron chi connectivity index (χ3n) is 11.6. The zero-order chi connectivity index (χ0) is 35.3. The van der Waals surface area contributed by atoms with Crippen molar-refractivity contribution < 1.29 is 4.42 Å². The standard InChI is InChI=1S/C51H35NO/c1-51(2)42-19-10-9-17-40(42)48-43(51)20-12-21-44(48)52(35-25-23-33(24-26-35)32-13-5-3-6-14-32)36-27-28-38-39-18-11-22-45-49(39)50-46(53-45)30-29-37(47(50)41(38)31-36)34-15-7-4-8-16-34/h3-31H,1-2H3. The smallest absolute Gasteiger partial charge is 0.136 e. The second kappa shape index (κ2) is 11.2. The predicted octanol–water partition coefficient (Wildman–Crippen LogP) is 14.4. The van der Waals surface area contributed by atoms with Gasteiger partial charge in [-0.15, -0.1) is 0 Å². The van der Waals surface area contributed by atoms with Gasteiger partial charge >= 0.3 is 0 Å². The molecule has 0 aliphatic heterocycles. The van der Waals surface area contributed by atoms with Gasteiger partial charge in [0.2, 0.25) is 0 Å². The predicted molar refractivity (Wildman–Crippen MR) is 223 cm³/mol. The zero-order valence-corrected chi connectivity index (χ0v) is 29.6. The molecule has 0 saturated heterocycles. The number of hydrogen-bond acceptors (Lipinski definition) is 2. The number of anilines is 3. The van der Waals surface area contributed by atoms with E-state index in [4.69, 9.17) is 4.42 Å². The molecule has 2 nitrogen and oxygen atoms in total. The minimum atomic E-state index is -0.114. The molecule has 0 atom stereocenters. The Kier molecular flexibility index (Phi) is 6.33. The van der Waals surface area contributed by atoms with E-state index in [1.54, 1.807) is 0 Å². The summed E-state index contributed by atoms with van der Waals surface area (Å²) in [6.45, 7) is 4.71. The molecule has 11 rings (SSSR count). The van der Waals surface area contributed by atoms with Gasteiger partial charge in [-0.1, -0.05) is 147 Å². The minimum absolute atomic E-state index is 0.114. The highest BCUT2D eigenvalue weighted by atomic mass is 16.3. The van der Waals surface area contributed by atoms with E-state index in [0.29, 0.717) is 0 Å². The first-order valence-corrected chi connectivity index (χ1v) is 18.4. The topological polar surface area (TPSA) is 16.4 Å². The Hall–Kier alpha value is -6.64. The second-order valence-corrected chi connectivity index (χ2v) is 14.9. The summed E-state index contributed by atoms with van der Waals surface area (Å²) in [6, 6.07) is 64.1. The number of benzene rings is 9. The molecule has 1 aromatic heterocycles. The molecule has 1 aliphatic rings. The van der Waals surface area contributed by atoms with E-state index in [2.05, 4.69) is 195 Å². The highest BCUT2D eigenvalue weighted by molar-refractivity contribution is 6.35. The molecule has 10 aromatic rings. The Bertz CT molecular complexity index is 3010. The molecule has 9 aromatic carbocycles. The Balaban J connectivity index is 1.22. The largest absolute Gasteiger partial charge is 0.456 e. The second-order valence-electron chi connectivity index (χ2n) is 14.9. The van der Waals surface area contributed by atoms with Gasteiger partial charge in [0.25, 0.3) is 0 Å². The van der Waals surface area contributed by atoms with Crippen molar-refractivity contribution >= 4 is 60.5 Å². The number of furan rings is 1. The molecule has 0 fully saturated rings. The van der Waals surface area contributed by atoms with Crippen LogP contribution in [0.1, 0.15) is 25.0 Å². The van der Waals surface area contributed by atoms with E-state index >= 15 is 0 Å². The van der Waals surface area contributed by atoms with Gasteiger partial charge in [0, 0.05) is 38.5 Å². The van der Waals surface area contributed by atoms with Gasteiger partial charge in [-0.3, -0.25) is 0 Å². The molecule has 1 aliphatic carbocycles. The molecule has 0 spiro atoms. The fraction of sp³-hybridized carbons (Fsp3) is 0.0588. The number of hydrogen-bond donors (Lipinski definition) is 0. The lowest BCUT2D eigenvalue weighted by atomic mass is 9.82. The number of nitrogens with zero attached hydrogens (tertiary/aromatic N) is 1. The summed E-state index contributed by atoms with van der Waals surface area (Å²) in [5.74, 6) is 0. The Morgan fingerprint density at radius 3 is 1.89 bits per heavy atom. The molecule has 0 N–H and O–H groups in total.